The van der Waals surface area contributed by atoms with E-state index in [4.69, 9.17) is 16.3 Å². The number of nitrogens with one attached hydrogen (secondary N) is 1. The van der Waals surface area contributed by atoms with Gasteiger partial charge in [-0.1, -0.05) is 55.8 Å². The van der Waals surface area contributed by atoms with Gasteiger partial charge in [-0.3, -0.25) is 14.9 Å². The highest BCUT2D eigenvalue weighted by Crippen LogP contribution is 2.33. The minimum Gasteiger partial charge on any atom is -0.492 e. The second-order valence-corrected chi connectivity index (χ2v) is 7.90. The van der Waals surface area contributed by atoms with E-state index in [-0.39, 0.29) is 11.1 Å². The maximum atomic E-state index is 11.7. The van der Waals surface area contributed by atoms with E-state index in [1.54, 1.807) is 12.1 Å². The van der Waals surface area contributed by atoms with Gasteiger partial charge >= 0.3 is 0 Å². The van der Waals surface area contributed by atoms with Crippen LogP contribution in [0.25, 0.3) is 6.08 Å². The molecule has 25 heavy (non-hydrogen) atoms. The van der Waals surface area contributed by atoms with Crippen LogP contribution >= 0.6 is 23.4 Å². The molecule has 134 valence electrons. The molecule has 0 bridgehead atoms. The fourth-order valence-corrected chi connectivity index (χ4v) is 4.25. The van der Waals surface area contributed by atoms with Crippen molar-refractivity contribution in [1.82, 2.24) is 5.32 Å². The van der Waals surface area contributed by atoms with E-state index >= 15 is 0 Å². The van der Waals surface area contributed by atoms with Gasteiger partial charge in [0, 0.05) is 0 Å². The fourth-order valence-electron chi connectivity index (χ4n) is 3.34. The molecule has 3 rings (SSSR count). The highest BCUT2D eigenvalue weighted by atomic mass is 35.5. The fraction of sp³-hybridized carbons (Fsp3) is 0.474. The smallest absolute Gasteiger partial charge is 0.290 e. The number of hydrogen-bond donors (Lipinski definition) is 1. The highest BCUT2D eigenvalue weighted by Gasteiger charge is 2.25. The summed E-state index contributed by atoms with van der Waals surface area (Å²) in [6.07, 6.45) is 10.7. The molecule has 6 heteroatoms. The number of carbonyl (C=O) groups excluding carboxylic acids is 2. The Bertz CT molecular complexity index is 683. The van der Waals surface area contributed by atoms with E-state index in [0.717, 1.165) is 24.1 Å². The minimum atomic E-state index is -0.384. The first-order valence-corrected chi connectivity index (χ1v) is 9.99. The topological polar surface area (TPSA) is 55.4 Å². The van der Waals surface area contributed by atoms with Crippen LogP contribution in [0.3, 0.4) is 0 Å². The average Bonchev–Trinajstić information content (AvgIpc) is 2.93. The van der Waals surface area contributed by atoms with Crippen LogP contribution in [0.15, 0.2) is 23.1 Å². The van der Waals surface area contributed by atoms with Gasteiger partial charge in [-0.25, -0.2) is 0 Å². The number of rotatable bonds is 6. The van der Waals surface area contributed by atoms with Crippen molar-refractivity contribution in [3.63, 3.8) is 0 Å². The predicted octanol–water partition coefficient (Wildman–Crippen LogP) is 5.40. The van der Waals surface area contributed by atoms with Crippen LogP contribution in [0.4, 0.5) is 4.79 Å². The number of thioether (sulfide) groups is 1. The van der Waals surface area contributed by atoms with Crippen LogP contribution in [0.1, 0.15) is 50.5 Å². The Morgan fingerprint density at radius 3 is 2.76 bits per heavy atom. The zero-order chi connectivity index (χ0) is 17.6. The van der Waals surface area contributed by atoms with Gasteiger partial charge in [-0.15, -0.1) is 0 Å². The summed E-state index contributed by atoms with van der Waals surface area (Å²) in [6.45, 7) is 0.643. The summed E-state index contributed by atoms with van der Waals surface area (Å²) in [4.78, 5) is 23.2. The molecule has 0 aromatic heterocycles. The SMILES string of the molecule is O=C1NC(=O)C(=Cc2cccc(OCCCC3CCCCC3)c2Cl)S1. The summed E-state index contributed by atoms with van der Waals surface area (Å²) in [7, 11) is 0. The van der Waals surface area contributed by atoms with Crippen molar-refractivity contribution in [2.45, 2.75) is 44.9 Å². The molecule has 0 unspecified atom stereocenters. The molecule has 4 nitrogen and oxygen atoms in total. The zero-order valence-corrected chi connectivity index (χ0v) is 15.6. The van der Waals surface area contributed by atoms with Gasteiger partial charge in [-0.05, 0) is 48.2 Å². The second kappa shape index (κ2) is 8.77. The van der Waals surface area contributed by atoms with Crippen LogP contribution < -0.4 is 10.1 Å². The van der Waals surface area contributed by atoms with E-state index in [9.17, 15) is 9.59 Å². The molecule has 1 aromatic rings. The molecule has 1 saturated heterocycles. The Morgan fingerprint density at radius 2 is 2.04 bits per heavy atom. The monoisotopic (exact) mass is 379 g/mol. The summed E-state index contributed by atoms with van der Waals surface area (Å²) in [5, 5.41) is 2.35. The van der Waals surface area contributed by atoms with Crippen molar-refractivity contribution in [2.24, 2.45) is 5.92 Å². The van der Waals surface area contributed by atoms with Crippen molar-refractivity contribution in [1.29, 1.82) is 0 Å². The molecule has 1 saturated carbocycles. The third-order valence-electron chi connectivity index (χ3n) is 4.66. The first kappa shape index (κ1) is 18.3. The summed E-state index contributed by atoms with van der Waals surface area (Å²) >= 11 is 7.29. The molecular formula is C19H22ClNO3S. The third kappa shape index (κ3) is 5.02. The minimum absolute atomic E-state index is 0.348. The van der Waals surface area contributed by atoms with E-state index in [0.29, 0.717) is 27.8 Å². The van der Waals surface area contributed by atoms with E-state index in [2.05, 4.69) is 5.32 Å². The van der Waals surface area contributed by atoms with Crippen LogP contribution in [0.2, 0.25) is 5.02 Å². The molecule has 0 spiro atoms. The van der Waals surface area contributed by atoms with Crippen molar-refractivity contribution in [2.75, 3.05) is 6.61 Å². The van der Waals surface area contributed by atoms with Gasteiger partial charge in [0.1, 0.15) is 5.75 Å². The lowest BCUT2D eigenvalue weighted by molar-refractivity contribution is -0.115. The lowest BCUT2D eigenvalue weighted by Gasteiger charge is -2.21. The van der Waals surface area contributed by atoms with Crippen LogP contribution in [-0.4, -0.2) is 17.8 Å². The van der Waals surface area contributed by atoms with E-state index < -0.39 is 0 Å². The number of hydrogen-bond acceptors (Lipinski definition) is 4. The Labute approximate surface area is 157 Å². The molecule has 2 amide bonds. The first-order chi connectivity index (χ1) is 12.1. The summed E-state index contributed by atoms with van der Waals surface area (Å²) in [5.41, 5.74) is 0.679. The summed E-state index contributed by atoms with van der Waals surface area (Å²) in [6, 6.07) is 5.48. The van der Waals surface area contributed by atoms with Gasteiger partial charge in [0.25, 0.3) is 11.1 Å². The Kier molecular flexibility index (Phi) is 6.43. The molecule has 1 aliphatic heterocycles. The highest BCUT2D eigenvalue weighted by molar-refractivity contribution is 8.18. The van der Waals surface area contributed by atoms with Gasteiger partial charge in [0.05, 0.1) is 16.5 Å². The number of imide groups is 1. The van der Waals surface area contributed by atoms with Gasteiger partial charge in [-0.2, -0.15) is 0 Å². The molecule has 1 N–H and O–H groups in total. The van der Waals surface area contributed by atoms with Crippen LogP contribution in [0, 0.1) is 5.92 Å². The summed E-state index contributed by atoms with van der Waals surface area (Å²) in [5.74, 6) is 1.08. The van der Waals surface area contributed by atoms with Crippen LogP contribution in [-0.2, 0) is 4.79 Å². The number of benzene rings is 1. The van der Waals surface area contributed by atoms with Gasteiger partial charge in [0.15, 0.2) is 0 Å². The van der Waals surface area contributed by atoms with Crippen molar-refractivity contribution < 1.29 is 14.3 Å². The molecule has 1 aliphatic carbocycles. The van der Waals surface area contributed by atoms with E-state index in [1.165, 1.54) is 38.5 Å². The standard InChI is InChI=1S/C19H22ClNO3S/c20-17-14(12-16-18(22)21-19(23)25-16)9-4-10-15(17)24-11-5-8-13-6-2-1-3-7-13/h4,9-10,12-13H,1-3,5-8,11H2,(H,21,22,23). The molecule has 2 aliphatic rings. The van der Waals surface area contributed by atoms with Gasteiger partial charge in [0.2, 0.25) is 0 Å². The number of carbonyl (C=O) groups is 2. The lowest BCUT2D eigenvalue weighted by atomic mass is 9.86. The molecular weight excluding hydrogens is 358 g/mol. The Balaban J connectivity index is 1.56. The lowest BCUT2D eigenvalue weighted by Crippen LogP contribution is -2.17. The first-order valence-electron chi connectivity index (χ1n) is 8.79. The van der Waals surface area contributed by atoms with Crippen molar-refractivity contribution >= 4 is 40.6 Å². The second-order valence-electron chi connectivity index (χ2n) is 6.51. The normalized spacial score (nSPS) is 20.1. The number of halogens is 1. The van der Waals surface area contributed by atoms with Crippen LogP contribution in [0.5, 0.6) is 5.75 Å². The third-order valence-corrected chi connectivity index (χ3v) is 5.88. The maximum absolute atomic E-state index is 11.7. The van der Waals surface area contributed by atoms with E-state index in [1.807, 2.05) is 12.1 Å². The molecule has 0 atom stereocenters. The molecule has 1 aromatic carbocycles. The van der Waals surface area contributed by atoms with Crippen molar-refractivity contribution in [3.05, 3.63) is 33.7 Å². The van der Waals surface area contributed by atoms with Gasteiger partial charge < -0.3 is 4.74 Å². The predicted molar refractivity (Wildman–Crippen MR) is 102 cm³/mol. The Morgan fingerprint density at radius 1 is 1.24 bits per heavy atom. The quantitative estimate of drug-likeness (QED) is 0.530. The molecule has 1 heterocycles. The molecule has 0 radical (unpaired) electrons. The van der Waals surface area contributed by atoms with Crippen molar-refractivity contribution in [3.8, 4) is 5.75 Å². The number of amides is 2. The largest absolute Gasteiger partial charge is 0.492 e. The number of ether oxygens (including phenoxy) is 1. The zero-order valence-electron chi connectivity index (χ0n) is 14.1. The molecule has 2 fully saturated rings. The maximum Gasteiger partial charge on any atom is 0.290 e. The summed E-state index contributed by atoms with van der Waals surface area (Å²) < 4.78 is 5.85. The Hall–Kier alpha value is -1.46. The average molecular weight is 380 g/mol.